The van der Waals surface area contributed by atoms with Gasteiger partial charge in [-0.15, -0.1) is 11.3 Å². The van der Waals surface area contributed by atoms with Crippen LogP contribution in [0.4, 0.5) is 0 Å². The van der Waals surface area contributed by atoms with Gasteiger partial charge in [0.2, 0.25) is 0 Å². The van der Waals surface area contributed by atoms with E-state index in [9.17, 15) is 0 Å². The minimum Gasteiger partial charge on any atom is -0.311 e. The number of likely N-dealkylation sites (tertiary alicyclic amines) is 1. The predicted octanol–water partition coefficient (Wildman–Crippen LogP) is 3.00. The quantitative estimate of drug-likeness (QED) is 0.841. The molecule has 4 heteroatoms. The van der Waals surface area contributed by atoms with Gasteiger partial charge in [-0.1, -0.05) is 0 Å². The average Bonchev–Trinajstić information content (AvgIpc) is 2.85. The van der Waals surface area contributed by atoms with Crippen LogP contribution < -0.4 is 5.32 Å². The van der Waals surface area contributed by atoms with E-state index in [4.69, 9.17) is 0 Å². The second-order valence-electron chi connectivity index (χ2n) is 4.34. The van der Waals surface area contributed by atoms with Crippen molar-refractivity contribution in [2.24, 2.45) is 0 Å². The van der Waals surface area contributed by atoms with E-state index in [0.29, 0.717) is 0 Å². The van der Waals surface area contributed by atoms with Crippen molar-refractivity contribution in [3.63, 3.8) is 0 Å². The van der Waals surface area contributed by atoms with Crippen molar-refractivity contribution in [2.75, 3.05) is 26.2 Å². The van der Waals surface area contributed by atoms with Crippen molar-refractivity contribution in [2.45, 2.75) is 26.3 Å². The van der Waals surface area contributed by atoms with Gasteiger partial charge in [0.25, 0.3) is 0 Å². The highest BCUT2D eigenvalue weighted by molar-refractivity contribution is 9.10. The standard InChI is InChI=1S/C12H19BrN2S/c1-10-12(13)8-11(16-10)9-14-4-7-15-5-2-3-6-15/h8,14H,2-7,9H2,1H3. The van der Waals surface area contributed by atoms with Gasteiger partial charge in [0.15, 0.2) is 0 Å². The smallest absolute Gasteiger partial charge is 0.0314 e. The average molecular weight is 303 g/mol. The Kier molecular flexibility index (Phi) is 4.82. The van der Waals surface area contributed by atoms with Crippen LogP contribution in [-0.4, -0.2) is 31.1 Å². The Labute approximate surface area is 110 Å². The zero-order chi connectivity index (χ0) is 11.4. The summed E-state index contributed by atoms with van der Waals surface area (Å²) in [4.78, 5) is 5.34. The summed E-state index contributed by atoms with van der Waals surface area (Å²) in [5.74, 6) is 0. The molecule has 2 heterocycles. The molecule has 90 valence electrons. The summed E-state index contributed by atoms with van der Waals surface area (Å²) in [5, 5.41) is 3.52. The van der Waals surface area contributed by atoms with Gasteiger partial charge in [-0.05, 0) is 54.9 Å². The number of hydrogen-bond acceptors (Lipinski definition) is 3. The minimum absolute atomic E-state index is 1.00. The van der Waals surface area contributed by atoms with E-state index in [1.165, 1.54) is 46.7 Å². The summed E-state index contributed by atoms with van der Waals surface area (Å²) in [6, 6.07) is 2.23. The second kappa shape index (κ2) is 6.15. The number of halogens is 1. The molecule has 1 aliphatic rings. The summed E-state index contributed by atoms with van der Waals surface area (Å²) in [7, 11) is 0. The van der Waals surface area contributed by atoms with Gasteiger partial charge >= 0.3 is 0 Å². The summed E-state index contributed by atoms with van der Waals surface area (Å²) >= 11 is 5.43. The lowest BCUT2D eigenvalue weighted by atomic mass is 10.4. The fourth-order valence-corrected chi connectivity index (χ4v) is 3.63. The highest BCUT2D eigenvalue weighted by Gasteiger charge is 2.10. The van der Waals surface area contributed by atoms with E-state index < -0.39 is 0 Å². The molecule has 0 aromatic carbocycles. The lowest BCUT2D eigenvalue weighted by molar-refractivity contribution is 0.336. The van der Waals surface area contributed by atoms with Crippen LogP contribution in [0, 0.1) is 6.92 Å². The van der Waals surface area contributed by atoms with Crippen molar-refractivity contribution in [3.8, 4) is 0 Å². The van der Waals surface area contributed by atoms with E-state index in [0.717, 1.165) is 13.1 Å². The Hall–Kier alpha value is 0.100. The van der Waals surface area contributed by atoms with Crippen LogP contribution in [-0.2, 0) is 6.54 Å². The van der Waals surface area contributed by atoms with Gasteiger partial charge < -0.3 is 10.2 Å². The molecule has 1 N–H and O–H groups in total. The topological polar surface area (TPSA) is 15.3 Å². The molecule has 0 radical (unpaired) electrons. The number of nitrogens with zero attached hydrogens (tertiary/aromatic N) is 1. The molecule has 16 heavy (non-hydrogen) atoms. The van der Waals surface area contributed by atoms with E-state index in [-0.39, 0.29) is 0 Å². The summed E-state index contributed by atoms with van der Waals surface area (Å²) < 4.78 is 1.24. The fraction of sp³-hybridized carbons (Fsp3) is 0.667. The van der Waals surface area contributed by atoms with Crippen LogP contribution in [0.2, 0.25) is 0 Å². The van der Waals surface area contributed by atoms with Crippen molar-refractivity contribution in [3.05, 3.63) is 20.3 Å². The second-order valence-corrected chi connectivity index (χ2v) is 6.54. The van der Waals surface area contributed by atoms with Crippen molar-refractivity contribution in [1.82, 2.24) is 10.2 Å². The molecule has 1 aromatic rings. The number of hydrogen-bond donors (Lipinski definition) is 1. The molecule has 0 bridgehead atoms. The lowest BCUT2D eigenvalue weighted by Crippen LogP contribution is -2.29. The Morgan fingerprint density at radius 3 is 2.81 bits per heavy atom. The third-order valence-corrected chi connectivity index (χ3v) is 5.15. The number of thiophene rings is 1. The van der Waals surface area contributed by atoms with Crippen LogP contribution in [0.15, 0.2) is 10.5 Å². The first kappa shape index (κ1) is 12.6. The fourth-order valence-electron chi connectivity index (χ4n) is 2.06. The first-order chi connectivity index (χ1) is 7.75. The highest BCUT2D eigenvalue weighted by Crippen LogP contribution is 2.25. The molecular formula is C12H19BrN2S. The molecule has 0 amide bonds. The van der Waals surface area contributed by atoms with Gasteiger partial charge in [0, 0.05) is 33.9 Å². The zero-order valence-corrected chi connectivity index (χ0v) is 12.2. The van der Waals surface area contributed by atoms with E-state index >= 15 is 0 Å². The molecule has 1 saturated heterocycles. The molecule has 0 saturated carbocycles. The number of rotatable bonds is 5. The Morgan fingerprint density at radius 1 is 1.44 bits per heavy atom. The molecule has 0 aliphatic carbocycles. The number of aryl methyl sites for hydroxylation is 1. The van der Waals surface area contributed by atoms with Gasteiger partial charge in [0.1, 0.15) is 0 Å². The molecule has 0 unspecified atom stereocenters. The molecule has 1 aromatic heterocycles. The molecule has 1 fully saturated rings. The van der Waals surface area contributed by atoms with Gasteiger partial charge in [0.05, 0.1) is 0 Å². The van der Waals surface area contributed by atoms with Gasteiger partial charge in [-0.3, -0.25) is 0 Å². The Bertz CT molecular complexity index is 312. The van der Waals surface area contributed by atoms with Crippen LogP contribution in [0.1, 0.15) is 22.6 Å². The summed E-state index contributed by atoms with van der Waals surface area (Å²) in [6.45, 7) is 8.06. The number of nitrogens with one attached hydrogen (secondary N) is 1. The minimum atomic E-state index is 1.00. The maximum absolute atomic E-state index is 3.55. The molecule has 0 atom stereocenters. The largest absolute Gasteiger partial charge is 0.311 e. The van der Waals surface area contributed by atoms with E-state index in [1.54, 1.807) is 0 Å². The first-order valence-electron chi connectivity index (χ1n) is 5.93. The van der Waals surface area contributed by atoms with E-state index in [2.05, 4.69) is 39.1 Å². The molecule has 2 rings (SSSR count). The molecule has 0 spiro atoms. The summed E-state index contributed by atoms with van der Waals surface area (Å²) in [5.41, 5.74) is 0. The third-order valence-electron chi connectivity index (χ3n) is 3.01. The molecule has 2 nitrogen and oxygen atoms in total. The Morgan fingerprint density at radius 2 is 2.19 bits per heavy atom. The zero-order valence-electron chi connectivity index (χ0n) is 9.76. The van der Waals surface area contributed by atoms with Crippen LogP contribution in [0.3, 0.4) is 0 Å². The van der Waals surface area contributed by atoms with Gasteiger partial charge in [-0.25, -0.2) is 0 Å². The third kappa shape index (κ3) is 3.55. The van der Waals surface area contributed by atoms with Crippen molar-refractivity contribution in [1.29, 1.82) is 0 Å². The monoisotopic (exact) mass is 302 g/mol. The molecular weight excluding hydrogens is 284 g/mol. The normalized spacial score (nSPS) is 17.1. The highest BCUT2D eigenvalue weighted by atomic mass is 79.9. The molecule has 1 aliphatic heterocycles. The lowest BCUT2D eigenvalue weighted by Gasteiger charge is -2.14. The SMILES string of the molecule is Cc1sc(CNCCN2CCCC2)cc1Br. The summed E-state index contributed by atoms with van der Waals surface area (Å²) in [6.07, 6.45) is 2.77. The van der Waals surface area contributed by atoms with Crippen LogP contribution in [0.5, 0.6) is 0 Å². The Balaban J connectivity index is 1.64. The van der Waals surface area contributed by atoms with Crippen LogP contribution in [0.25, 0.3) is 0 Å². The predicted molar refractivity (Wildman–Crippen MR) is 74.1 cm³/mol. The van der Waals surface area contributed by atoms with Crippen molar-refractivity contribution >= 4 is 27.3 Å². The first-order valence-corrected chi connectivity index (χ1v) is 7.54. The maximum Gasteiger partial charge on any atom is 0.0314 e. The maximum atomic E-state index is 3.55. The van der Waals surface area contributed by atoms with Gasteiger partial charge in [-0.2, -0.15) is 0 Å². The van der Waals surface area contributed by atoms with Crippen molar-refractivity contribution < 1.29 is 0 Å². The van der Waals surface area contributed by atoms with Crippen LogP contribution >= 0.6 is 27.3 Å². The van der Waals surface area contributed by atoms with E-state index in [1.807, 2.05) is 11.3 Å².